The van der Waals surface area contributed by atoms with E-state index in [1.54, 1.807) is 0 Å². The van der Waals surface area contributed by atoms with E-state index in [0.29, 0.717) is 5.92 Å². The van der Waals surface area contributed by atoms with Crippen LogP contribution in [0.2, 0.25) is 0 Å². The summed E-state index contributed by atoms with van der Waals surface area (Å²) in [5, 5.41) is 3.21. The molecule has 2 rings (SSSR count). The molecule has 104 valence electrons. The number of benzene rings is 1. The largest absolute Gasteiger partial charge is 0.338 e. The van der Waals surface area contributed by atoms with Gasteiger partial charge in [-0.3, -0.25) is 4.79 Å². The number of nitrogens with one attached hydrogen (secondary N) is 1. The van der Waals surface area contributed by atoms with Crippen LogP contribution in [-0.4, -0.2) is 37.5 Å². The molecule has 1 amide bonds. The lowest BCUT2D eigenvalue weighted by molar-refractivity contribution is 0.0674. The lowest BCUT2D eigenvalue weighted by Crippen LogP contribution is -2.42. The van der Waals surface area contributed by atoms with Crippen LogP contribution in [0.3, 0.4) is 0 Å². The quantitative estimate of drug-likeness (QED) is 0.927. The molecule has 1 fully saturated rings. The standard InChI is InChI=1S/C15H21BrN2O/c1-11-5-6-13(8-14(11)16)15(19)18-7-3-4-12(10-18)9-17-2/h5-6,8,12,17H,3-4,7,9-10H2,1-2H3/t12-/m0/s1. The molecule has 1 aromatic rings. The van der Waals surface area contributed by atoms with Gasteiger partial charge in [0.15, 0.2) is 0 Å². The molecule has 3 nitrogen and oxygen atoms in total. The number of rotatable bonds is 3. The third-order valence-corrected chi connectivity index (χ3v) is 4.57. The van der Waals surface area contributed by atoms with Crippen LogP contribution in [0, 0.1) is 12.8 Å². The SMILES string of the molecule is CNC[C@@H]1CCCN(C(=O)c2ccc(C)c(Br)c2)C1. The molecule has 1 saturated heterocycles. The normalized spacial score (nSPS) is 19.5. The summed E-state index contributed by atoms with van der Waals surface area (Å²) >= 11 is 3.49. The second-order valence-electron chi connectivity index (χ2n) is 5.28. The lowest BCUT2D eigenvalue weighted by Gasteiger charge is -2.32. The Labute approximate surface area is 123 Å². The van der Waals surface area contributed by atoms with Crippen LogP contribution in [0.25, 0.3) is 0 Å². The monoisotopic (exact) mass is 324 g/mol. The Kier molecular flexibility index (Phi) is 4.99. The number of carbonyl (C=O) groups excluding carboxylic acids is 1. The molecule has 19 heavy (non-hydrogen) atoms. The maximum atomic E-state index is 12.5. The molecule has 0 aromatic heterocycles. The summed E-state index contributed by atoms with van der Waals surface area (Å²) in [6.07, 6.45) is 2.31. The van der Waals surface area contributed by atoms with Crippen molar-refractivity contribution in [3.8, 4) is 0 Å². The van der Waals surface area contributed by atoms with Gasteiger partial charge in [0.1, 0.15) is 0 Å². The minimum atomic E-state index is 0.154. The van der Waals surface area contributed by atoms with Gasteiger partial charge in [-0.15, -0.1) is 0 Å². The van der Waals surface area contributed by atoms with Crippen LogP contribution < -0.4 is 5.32 Å². The minimum Gasteiger partial charge on any atom is -0.338 e. The first-order chi connectivity index (χ1) is 9.11. The Bertz CT molecular complexity index is 459. The molecule has 0 spiro atoms. The molecular formula is C15H21BrN2O. The summed E-state index contributed by atoms with van der Waals surface area (Å²) in [6, 6.07) is 5.84. The first-order valence-corrected chi connectivity index (χ1v) is 7.61. The summed E-state index contributed by atoms with van der Waals surface area (Å²) < 4.78 is 1.00. The fraction of sp³-hybridized carbons (Fsp3) is 0.533. The van der Waals surface area contributed by atoms with E-state index in [0.717, 1.165) is 41.7 Å². The van der Waals surface area contributed by atoms with Crippen LogP contribution in [0.15, 0.2) is 22.7 Å². The second-order valence-corrected chi connectivity index (χ2v) is 6.14. The van der Waals surface area contributed by atoms with E-state index in [1.807, 2.05) is 37.1 Å². The van der Waals surface area contributed by atoms with Crippen molar-refractivity contribution in [1.82, 2.24) is 10.2 Å². The zero-order valence-corrected chi connectivity index (χ0v) is 13.2. The van der Waals surface area contributed by atoms with Crippen molar-refractivity contribution in [2.45, 2.75) is 19.8 Å². The molecule has 0 radical (unpaired) electrons. The first kappa shape index (κ1) is 14.5. The molecule has 0 aliphatic carbocycles. The third-order valence-electron chi connectivity index (χ3n) is 3.72. The average molecular weight is 325 g/mol. The highest BCUT2D eigenvalue weighted by Crippen LogP contribution is 2.21. The predicted octanol–water partition coefficient (Wildman–Crippen LogP) is 2.83. The highest BCUT2D eigenvalue weighted by Gasteiger charge is 2.24. The molecule has 0 bridgehead atoms. The van der Waals surface area contributed by atoms with Crippen LogP contribution in [0.5, 0.6) is 0 Å². The minimum absolute atomic E-state index is 0.154. The van der Waals surface area contributed by atoms with Gasteiger partial charge in [0.25, 0.3) is 5.91 Å². The summed E-state index contributed by atoms with van der Waals surface area (Å²) in [4.78, 5) is 14.5. The van der Waals surface area contributed by atoms with E-state index in [2.05, 4.69) is 21.2 Å². The number of halogens is 1. The molecule has 1 N–H and O–H groups in total. The summed E-state index contributed by atoms with van der Waals surface area (Å²) in [6.45, 7) is 4.76. The molecule has 4 heteroatoms. The molecule has 0 saturated carbocycles. The summed E-state index contributed by atoms with van der Waals surface area (Å²) in [7, 11) is 1.97. The molecule has 1 aliphatic rings. The number of aryl methyl sites for hydroxylation is 1. The Morgan fingerprint density at radius 3 is 3.00 bits per heavy atom. The number of hydrogen-bond acceptors (Lipinski definition) is 2. The van der Waals surface area contributed by atoms with Crippen molar-refractivity contribution < 1.29 is 4.79 Å². The van der Waals surface area contributed by atoms with Crippen molar-refractivity contribution in [3.05, 3.63) is 33.8 Å². The number of amides is 1. The van der Waals surface area contributed by atoms with E-state index in [9.17, 15) is 4.79 Å². The van der Waals surface area contributed by atoms with Crippen molar-refractivity contribution in [3.63, 3.8) is 0 Å². The molecule has 1 atom stereocenters. The predicted molar refractivity (Wildman–Crippen MR) is 81.4 cm³/mol. The Balaban J connectivity index is 2.08. The van der Waals surface area contributed by atoms with E-state index < -0.39 is 0 Å². The fourth-order valence-electron chi connectivity index (χ4n) is 2.61. The van der Waals surface area contributed by atoms with E-state index >= 15 is 0 Å². The van der Waals surface area contributed by atoms with Gasteiger partial charge < -0.3 is 10.2 Å². The molecule has 1 aliphatic heterocycles. The molecule has 1 aromatic carbocycles. The van der Waals surface area contributed by atoms with E-state index in [1.165, 1.54) is 6.42 Å². The van der Waals surface area contributed by atoms with Gasteiger partial charge in [-0.2, -0.15) is 0 Å². The zero-order valence-electron chi connectivity index (χ0n) is 11.6. The van der Waals surface area contributed by atoms with Crippen molar-refractivity contribution >= 4 is 21.8 Å². The van der Waals surface area contributed by atoms with Crippen molar-refractivity contribution in [2.24, 2.45) is 5.92 Å². The maximum absolute atomic E-state index is 12.5. The second kappa shape index (κ2) is 6.53. The van der Waals surface area contributed by atoms with E-state index in [-0.39, 0.29) is 5.91 Å². The highest BCUT2D eigenvalue weighted by atomic mass is 79.9. The van der Waals surface area contributed by atoms with Crippen LogP contribution in [0.4, 0.5) is 0 Å². The topological polar surface area (TPSA) is 32.3 Å². The third kappa shape index (κ3) is 3.57. The smallest absolute Gasteiger partial charge is 0.253 e. The van der Waals surface area contributed by atoms with Crippen LogP contribution in [0.1, 0.15) is 28.8 Å². The van der Waals surface area contributed by atoms with Crippen LogP contribution >= 0.6 is 15.9 Å². The Morgan fingerprint density at radius 1 is 1.53 bits per heavy atom. The van der Waals surface area contributed by atoms with Gasteiger partial charge in [-0.05, 0) is 57.0 Å². The number of hydrogen-bond donors (Lipinski definition) is 1. The number of likely N-dealkylation sites (tertiary alicyclic amines) is 1. The van der Waals surface area contributed by atoms with Gasteiger partial charge in [0.05, 0.1) is 0 Å². The van der Waals surface area contributed by atoms with Gasteiger partial charge in [0, 0.05) is 23.1 Å². The average Bonchev–Trinajstić information content (AvgIpc) is 2.42. The first-order valence-electron chi connectivity index (χ1n) is 6.82. The number of piperidine rings is 1. The number of carbonyl (C=O) groups is 1. The lowest BCUT2D eigenvalue weighted by atomic mass is 9.97. The van der Waals surface area contributed by atoms with Gasteiger partial charge in [-0.1, -0.05) is 22.0 Å². The molecular weight excluding hydrogens is 304 g/mol. The summed E-state index contributed by atoms with van der Waals surface area (Å²) in [5.41, 5.74) is 1.94. The Morgan fingerprint density at radius 2 is 2.32 bits per heavy atom. The highest BCUT2D eigenvalue weighted by molar-refractivity contribution is 9.10. The van der Waals surface area contributed by atoms with E-state index in [4.69, 9.17) is 0 Å². The molecule has 0 unspecified atom stereocenters. The van der Waals surface area contributed by atoms with Gasteiger partial charge in [0.2, 0.25) is 0 Å². The Hall–Kier alpha value is -0.870. The zero-order chi connectivity index (χ0) is 13.8. The van der Waals surface area contributed by atoms with Crippen molar-refractivity contribution in [1.29, 1.82) is 0 Å². The fourth-order valence-corrected chi connectivity index (χ4v) is 2.99. The summed E-state index contributed by atoms with van der Waals surface area (Å²) in [5.74, 6) is 0.734. The van der Waals surface area contributed by atoms with Crippen molar-refractivity contribution in [2.75, 3.05) is 26.7 Å². The maximum Gasteiger partial charge on any atom is 0.253 e. The molecule has 1 heterocycles. The van der Waals surface area contributed by atoms with Gasteiger partial charge >= 0.3 is 0 Å². The van der Waals surface area contributed by atoms with Crippen LogP contribution in [-0.2, 0) is 0 Å². The van der Waals surface area contributed by atoms with Gasteiger partial charge in [-0.25, -0.2) is 0 Å². The number of nitrogens with zero attached hydrogens (tertiary/aromatic N) is 1.